The van der Waals surface area contributed by atoms with Gasteiger partial charge < -0.3 is 121 Å². The van der Waals surface area contributed by atoms with E-state index in [9.17, 15) is 121 Å². The minimum atomic E-state index is -2.80. The highest BCUT2D eigenvalue weighted by molar-refractivity contribution is 6.02. The van der Waals surface area contributed by atoms with Crippen LogP contribution in [0, 0.1) is 11.8 Å². The number of nitrogens with two attached hydrogens (primary N) is 3. The van der Waals surface area contributed by atoms with E-state index in [1.165, 1.54) is 13.8 Å². The van der Waals surface area contributed by atoms with Crippen LogP contribution in [0.1, 0.15) is 163 Å². The number of esters is 1. The average Bonchev–Trinajstić information content (AvgIpc) is 1.77. The molecule has 1 aliphatic heterocycles. The first-order valence-electron chi connectivity index (χ1n) is 37.5. The van der Waals surface area contributed by atoms with Gasteiger partial charge >= 0.3 is 29.8 Å². The zero-order valence-electron chi connectivity index (χ0n) is 65.1. The fourth-order valence-corrected chi connectivity index (χ4v) is 11.7. The number of rotatable bonds is 37. The van der Waals surface area contributed by atoms with E-state index in [1.807, 2.05) is 10.6 Å². The van der Waals surface area contributed by atoms with Crippen molar-refractivity contribution in [1.82, 2.24) is 73.7 Å². The molecule has 43 nitrogen and oxygen atoms in total. The third kappa shape index (κ3) is 34.1. The first-order valence-corrected chi connectivity index (χ1v) is 37.5. The molecule has 43 heteroatoms. The Labute approximate surface area is 660 Å². The predicted octanol–water partition coefficient (Wildman–Crippen LogP) is -5.45. The summed E-state index contributed by atoms with van der Waals surface area (Å²) in [6.45, 7) is 6.78. The van der Waals surface area contributed by atoms with Crippen LogP contribution in [0.5, 0.6) is 0 Å². The number of unbranched alkanes of at least 4 members (excludes halogenated alkanes) is 4. The Bertz CT molecular complexity index is 3820. The number of aliphatic hydroxyl groups excluding tert-OH is 1. The van der Waals surface area contributed by atoms with Crippen molar-refractivity contribution in [2.24, 2.45) is 29.0 Å². The van der Waals surface area contributed by atoms with Gasteiger partial charge in [-0.3, -0.25) is 91.1 Å². The normalized spacial score (nSPS) is 21.9. The molecular weight excluding hydrogens is 1520 g/mol. The number of hydrogen-bond acceptors (Lipinski definition) is 23. The van der Waals surface area contributed by atoms with Crippen LogP contribution in [-0.4, -0.2) is 259 Å². The number of aromatic amines is 1. The number of nitrogens with one attached hydrogen (secondary N) is 13. The van der Waals surface area contributed by atoms with Crippen LogP contribution in [0.2, 0.25) is 0 Å². The molecule has 1 aliphatic rings. The number of fused-ring (bicyclic) bond motifs is 1. The quantitative estimate of drug-likeness (QED) is 0.0222. The minimum absolute atomic E-state index is 0.0236. The molecule has 1 aromatic carbocycles. The number of H-pyrrole nitrogens is 1. The lowest BCUT2D eigenvalue weighted by molar-refractivity contribution is -0.159. The van der Waals surface area contributed by atoms with Crippen molar-refractivity contribution in [1.29, 1.82) is 0 Å². The first kappa shape index (κ1) is 97.3. The highest BCUT2D eigenvalue weighted by Crippen LogP contribution is 2.21. The maximum atomic E-state index is 15.0. The molecule has 1 saturated heterocycles. The van der Waals surface area contributed by atoms with Gasteiger partial charge in [-0.2, -0.15) is 0 Å². The highest BCUT2D eigenvalue weighted by Gasteiger charge is 2.43. The van der Waals surface area contributed by atoms with Gasteiger partial charge in [0.05, 0.1) is 32.4 Å². The predicted molar refractivity (Wildman–Crippen MR) is 402 cm³/mol. The number of ether oxygens (including phenoxy) is 1. The van der Waals surface area contributed by atoms with Crippen LogP contribution < -0.4 is 81.0 Å². The van der Waals surface area contributed by atoms with Crippen LogP contribution in [0.3, 0.4) is 0 Å². The second-order valence-corrected chi connectivity index (χ2v) is 28.1. The van der Waals surface area contributed by atoms with Crippen molar-refractivity contribution >= 4 is 129 Å². The first-order chi connectivity index (χ1) is 54.1. The molecule has 0 bridgehead atoms. The summed E-state index contributed by atoms with van der Waals surface area (Å²) < 4.78 is 5.75. The summed E-state index contributed by atoms with van der Waals surface area (Å²) in [7, 11) is 0.902. The zero-order chi connectivity index (χ0) is 86.5. The third-order valence-corrected chi connectivity index (χ3v) is 18.8. The molecule has 2 aromatic rings. The van der Waals surface area contributed by atoms with E-state index in [1.54, 1.807) is 30.5 Å². The molecule has 0 spiro atoms. The molecule has 0 saturated carbocycles. The molecule has 3 rings (SSSR count). The number of primary amides is 2. The molecule has 24 N–H and O–H groups in total. The lowest BCUT2D eigenvalue weighted by atomic mass is 9.98. The van der Waals surface area contributed by atoms with Crippen molar-refractivity contribution in [2.75, 3.05) is 26.7 Å². The molecule has 0 aliphatic carbocycles. The molecule has 638 valence electrons. The molecule has 4 unspecified atom stereocenters. The number of likely N-dealkylation sites (N-methyl/N-ethyl adjacent to an activating group) is 1. The van der Waals surface area contributed by atoms with Crippen molar-refractivity contribution in [3.63, 3.8) is 0 Å². The number of benzene rings is 1. The number of carboxylic acid groups (broad SMARTS) is 4. The van der Waals surface area contributed by atoms with Gasteiger partial charge in [0.2, 0.25) is 88.6 Å². The third-order valence-electron chi connectivity index (χ3n) is 18.8. The summed E-state index contributed by atoms with van der Waals surface area (Å²) >= 11 is 0. The van der Waals surface area contributed by atoms with E-state index in [0.29, 0.717) is 40.1 Å². The van der Waals surface area contributed by atoms with E-state index in [0.717, 1.165) is 46.6 Å². The molecule has 115 heavy (non-hydrogen) atoms. The zero-order valence-corrected chi connectivity index (χ0v) is 65.1. The van der Waals surface area contributed by atoms with Crippen LogP contribution in [0.4, 0.5) is 0 Å². The Morgan fingerprint density at radius 1 is 0.583 bits per heavy atom. The number of cyclic esters (lactones) is 1. The van der Waals surface area contributed by atoms with Crippen LogP contribution in [0.25, 0.3) is 10.9 Å². The van der Waals surface area contributed by atoms with Crippen LogP contribution in [-0.2, 0) is 107 Å². The number of carboxylic acids is 4. The summed E-state index contributed by atoms with van der Waals surface area (Å²) in [4.78, 5) is 276. The summed E-state index contributed by atoms with van der Waals surface area (Å²) in [5.74, 6) is -28.5. The molecular formula is C72H109N17O26. The number of aliphatic carboxylic acids is 4. The molecule has 0 radical (unpaired) electrons. The van der Waals surface area contributed by atoms with Crippen molar-refractivity contribution in [2.45, 2.75) is 242 Å². The van der Waals surface area contributed by atoms with Gasteiger partial charge in [-0.25, -0.2) is 4.79 Å². The average molecular weight is 1630 g/mol. The maximum absolute atomic E-state index is 15.0. The van der Waals surface area contributed by atoms with E-state index >= 15 is 0 Å². The fourth-order valence-electron chi connectivity index (χ4n) is 11.7. The topological polar surface area (TPSA) is 693 Å². The number of para-hydroxylation sites is 1. The number of amides is 15. The Kier molecular flexibility index (Phi) is 41.3. The smallest absolute Gasteiger partial charge is 0.329 e. The molecule has 1 fully saturated rings. The second-order valence-electron chi connectivity index (χ2n) is 28.1. The summed E-state index contributed by atoms with van der Waals surface area (Å²) in [6.07, 6.45) is -5.60. The van der Waals surface area contributed by atoms with Crippen molar-refractivity contribution < 1.29 is 126 Å². The van der Waals surface area contributed by atoms with Gasteiger partial charge in [0.1, 0.15) is 72.6 Å². The van der Waals surface area contributed by atoms with Gasteiger partial charge in [0, 0.05) is 49.8 Å². The fraction of sp³-hybridized carbons (Fsp3) is 0.611. The van der Waals surface area contributed by atoms with E-state index in [2.05, 4.69) is 72.0 Å². The SMILES string of the molecule is CCC(C)CCCCCCC(=O)N[C@@H](Cc1c[nH]c2ccccc12)C(=O)N[C@H](CCC(=O)O)C(=O)N[C@H](C(=O)N[C@@H]1C(=O)N(C)CC(=O)N[C@@H](C)C(=O)N[C@@H](CC(=O)O)C(=O)N[C@H](CCCCN)C(=O)N[C@@H](CC(=O)O)C(=O)NCC(=O)N[C@H](CC(N)=O)C(=O)NC(CCC(=O)O)C(=O)N[C@@H](C(C)CC)C(=O)O[C@@H]1C)C(O)C(N)=O. The lowest BCUT2D eigenvalue weighted by Crippen LogP contribution is -2.64. The number of nitrogens with zero attached hydrogens (tertiary/aromatic N) is 1. The Hall–Kier alpha value is -11.9. The number of hydrogen-bond donors (Lipinski definition) is 21. The molecule has 2 heterocycles. The molecule has 15 atom stereocenters. The Morgan fingerprint density at radius 2 is 1.15 bits per heavy atom. The van der Waals surface area contributed by atoms with Crippen molar-refractivity contribution in [3.8, 4) is 0 Å². The second kappa shape index (κ2) is 48.9. The number of carbonyl (C=O) groups is 20. The lowest BCUT2D eigenvalue weighted by Gasteiger charge is -2.32. The monoisotopic (exact) mass is 1630 g/mol. The van der Waals surface area contributed by atoms with Crippen molar-refractivity contribution in [3.05, 3.63) is 36.0 Å². The number of aromatic nitrogens is 1. The summed E-state index contributed by atoms with van der Waals surface area (Å²) in [5, 5.41) is 77.7. The standard InChI is InChI=1S/C72H109N17O26/c1-8-35(3)18-12-10-11-13-22-50(91)79-45(28-39-32-76-41-20-15-14-19-40(39)41)67(109)82-44(24-26-54(96)97)66(108)88-59(60(102)61(75)103)70(112)87-58-38(6)115-72(114)57(36(4)9-2)86-65(107)43(23-25-53(94)95)83-68(110)46(29-49(74)90)80-51(92)33-77-63(105)47(30-55(98)99)85-64(106)42(21-16-17-27-73)81-69(111)48(31-56(100)101)84-62(104)37(5)78-52(93)34-89(7)71(58)113/h14-15,19-20,32,35-38,42-48,57-60,76,102H,8-13,16-18,21-31,33-34,73H2,1-7H3,(H2,74,90)(H2,75,103)(H,77,105)(H,78,93)(H,79,91)(H,80,92)(H,81,111)(H,82,109)(H,83,110)(H,84,104)(H,85,106)(H,86,107)(H,87,112)(H,88,108)(H,94,95)(H,96,97)(H,98,99)(H,100,101)/t35?,36?,37-,38+,42+,43?,44+,45-,46+,47-,48-,57-,58-,59-,60?/m0/s1. The largest absolute Gasteiger partial charge is 0.481 e. The van der Waals surface area contributed by atoms with Gasteiger partial charge in [0.15, 0.2) is 6.10 Å². The van der Waals surface area contributed by atoms with Crippen LogP contribution in [0.15, 0.2) is 30.5 Å². The van der Waals surface area contributed by atoms with Gasteiger partial charge in [-0.05, 0) is 82.4 Å². The van der Waals surface area contributed by atoms with Gasteiger partial charge in [-0.15, -0.1) is 0 Å². The van der Waals surface area contributed by atoms with Crippen LogP contribution >= 0.6 is 0 Å². The minimum Gasteiger partial charge on any atom is -0.481 e. The Morgan fingerprint density at radius 3 is 1.74 bits per heavy atom. The summed E-state index contributed by atoms with van der Waals surface area (Å²) in [5.41, 5.74) is 17.7. The van der Waals surface area contributed by atoms with Gasteiger partial charge in [-0.1, -0.05) is 84.4 Å². The molecule has 1 aromatic heterocycles. The Balaban J connectivity index is 2.26. The molecule has 15 amide bonds. The maximum Gasteiger partial charge on any atom is 0.329 e. The van der Waals surface area contributed by atoms with Gasteiger partial charge in [0.25, 0.3) is 0 Å². The summed E-state index contributed by atoms with van der Waals surface area (Å²) in [6, 6.07) is -15.2. The number of carbonyl (C=O) groups excluding carboxylic acids is 16. The van der Waals surface area contributed by atoms with E-state index in [4.69, 9.17) is 21.9 Å². The highest BCUT2D eigenvalue weighted by atomic mass is 16.5. The number of aliphatic hydroxyl groups is 1. The van der Waals surface area contributed by atoms with E-state index in [-0.39, 0.29) is 45.1 Å². The van der Waals surface area contributed by atoms with E-state index < -0.39 is 261 Å².